The quantitative estimate of drug-likeness (QED) is 0.762. The van der Waals surface area contributed by atoms with Gasteiger partial charge in [0.25, 0.3) is 5.91 Å². The van der Waals surface area contributed by atoms with Crippen LogP contribution in [0.1, 0.15) is 10.5 Å². The average molecular weight is 338 g/mol. The van der Waals surface area contributed by atoms with Crippen LogP contribution in [0.25, 0.3) is 11.4 Å². The van der Waals surface area contributed by atoms with Crippen LogP contribution in [0.4, 0.5) is 0 Å². The van der Waals surface area contributed by atoms with Gasteiger partial charge in [-0.3, -0.25) is 9.89 Å². The van der Waals surface area contributed by atoms with Crippen LogP contribution in [0.2, 0.25) is 0 Å². The van der Waals surface area contributed by atoms with Gasteiger partial charge in [-0.25, -0.2) is 0 Å². The molecule has 7 heteroatoms. The van der Waals surface area contributed by atoms with Crippen molar-refractivity contribution >= 4 is 5.91 Å². The fourth-order valence-corrected chi connectivity index (χ4v) is 2.76. The van der Waals surface area contributed by atoms with E-state index in [4.69, 9.17) is 9.47 Å². The molecule has 0 bridgehead atoms. The topological polar surface area (TPSA) is 81.2 Å². The zero-order valence-electron chi connectivity index (χ0n) is 13.7. The summed E-state index contributed by atoms with van der Waals surface area (Å²) >= 11 is 0. The number of benzene rings is 1. The van der Waals surface area contributed by atoms with Crippen molar-refractivity contribution < 1.29 is 14.3 Å². The van der Waals surface area contributed by atoms with Crippen molar-refractivity contribution in [1.29, 1.82) is 0 Å². The largest absolute Gasteiger partial charge is 0.486 e. The summed E-state index contributed by atoms with van der Waals surface area (Å²) in [5.41, 5.74) is 2.08. The van der Waals surface area contributed by atoms with Crippen molar-refractivity contribution in [1.82, 2.24) is 20.1 Å². The zero-order chi connectivity index (χ0) is 17.2. The summed E-state index contributed by atoms with van der Waals surface area (Å²) < 4.78 is 13.4. The second-order valence-electron chi connectivity index (χ2n) is 5.88. The summed E-state index contributed by atoms with van der Waals surface area (Å²) in [5, 5.41) is 9.83. The van der Waals surface area contributed by atoms with Crippen LogP contribution in [0.3, 0.4) is 0 Å². The van der Waals surface area contributed by atoms with Gasteiger partial charge in [0, 0.05) is 13.2 Å². The number of amides is 1. The Bertz CT molecular complexity index is 899. The average Bonchev–Trinajstić information content (AvgIpc) is 3.28. The van der Waals surface area contributed by atoms with Crippen molar-refractivity contribution in [3.8, 4) is 22.9 Å². The maximum Gasteiger partial charge on any atom is 0.269 e. The van der Waals surface area contributed by atoms with Gasteiger partial charge < -0.3 is 19.4 Å². The third-order valence-electron chi connectivity index (χ3n) is 4.09. The van der Waals surface area contributed by atoms with E-state index < -0.39 is 0 Å². The van der Waals surface area contributed by atoms with Crippen LogP contribution < -0.4 is 14.8 Å². The number of carbonyl (C=O) groups excluding carboxylic acids is 1. The minimum absolute atomic E-state index is 0.226. The molecule has 1 aliphatic heterocycles. The van der Waals surface area contributed by atoms with Crippen LogP contribution in [-0.2, 0) is 7.05 Å². The highest BCUT2D eigenvalue weighted by Gasteiger charge is 2.21. The number of H-pyrrole nitrogens is 1. The summed E-state index contributed by atoms with van der Waals surface area (Å²) in [6.45, 7) is 0.751. The van der Waals surface area contributed by atoms with E-state index in [0.717, 1.165) is 17.1 Å². The second kappa shape index (κ2) is 6.35. The minimum atomic E-state index is -0.228. The first-order valence-corrected chi connectivity index (χ1v) is 8.04. The molecule has 0 saturated heterocycles. The van der Waals surface area contributed by atoms with E-state index in [1.165, 1.54) is 0 Å². The third-order valence-corrected chi connectivity index (χ3v) is 4.09. The molecule has 1 aromatic carbocycles. The number of hydrogen-bond donors (Lipinski definition) is 2. The molecule has 1 aliphatic rings. The lowest BCUT2D eigenvalue weighted by Crippen LogP contribution is -2.40. The Balaban J connectivity index is 1.37. The first kappa shape index (κ1) is 15.3. The summed E-state index contributed by atoms with van der Waals surface area (Å²) in [6.07, 6.45) is 1.70. The SMILES string of the molecule is Cn1cccc1-c1cc(C(=O)NCC2COc3ccccc3O2)[nH]n1. The Kier molecular flexibility index (Phi) is 3.89. The Morgan fingerprint density at radius 2 is 2.16 bits per heavy atom. The van der Waals surface area contributed by atoms with Crippen LogP contribution in [0.5, 0.6) is 11.5 Å². The van der Waals surface area contributed by atoms with Gasteiger partial charge in [0.2, 0.25) is 0 Å². The molecular formula is C18H18N4O3. The molecule has 25 heavy (non-hydrogen) atoms. The highest BCUT2D eigenvalue weighted by atomic mass is 16.6. The van der Waals surface area contributed by atoms with Gasteiger partial charge in [-0.1, -0.05) is 12.1 Å². The van der Waals surface area contributed by atoms with Gasteiger partial charge in [-0.15, -0.1) is 0 Å². The number of para-hydroxylation sites is 2. The molecule has 0 spiro atoms. The van der Waals surface area contributed by atoms with E-state index in [1.54, 1.807) is 6.07 Å². The van der Waals surface area contributed by atoms with Crippen LogP contribution in [0.15, 0.2) is 48.7 Å². The van der Waals surface area contributed by atoms with E-state index in [9.17, 15) is 4.79 Å². The lowest BCUT2D eigenvalue weighted by molar-refractivity contribution is 0.0786. The smallest absolute Gasteiger partial charge is 0.269 e. The molecule has 1 amide bonds. The summed E-state index contributed by atoms with van der Waals surface area (Å²) in [7, 11) is 1.93. The standard InChI is InChI=1S/C18H18N4O3/c1-22-8-4-5-15(22)13-9-14(21-20-13)18(23)19-10-12-11-24-16-6-2-3-7-17(16)25-12/h2-9,12H,10-11H2,1H3,(H,19,23)(H,20,21). The fourth-order valence-electron chi connectivity index (χ4n) is 2.76. The molecule has 128 valence electrons. The number of rotatable bonds is 4. The third kappa shape index (κ3) is 3.08. The van der Waals surface area contributed by atoms with Crippen molar-refractivity contribution in [2.75, 3.05) is 13.2 Å². The van der Waals surface area contributed by atoms with Crippen molar-refractivity contribution in [2.45, 2.75) is 6.10 Å². The number of nitrogens with zero attached hydrogens (tertiary/aromatic N) is 2. The Labute approximate surface area is 144 Å². The molecule has 2 N–H and O–H groups in total. The fraction of sp³-hybridized carbons (Fsp3) is 0.222. The lowest BCUT2D eigenvalue weighted by Gasteiger charge is -2.26. The number of ether oxygens (including phenoxy) is 2. The van der Waals surface area contributed by atoms with Crippen molar-refractivity contribution in [3.63, 3.8) is 0 Å². The summed E-state index contributed by atoms with van der Waals surface area (Å²) in [4.78, 5) is 12.3. The van der Waals surface area contributed by atoms with Gasteiger partial charge in [0.1, 0.15) is 24.1 Å². The maximum absolute atomic E-state index is 12.3. The van der Waals surface area contributed by atoms with E-state index in [2.05, 4.69) is 15.5 Å². The monoisotopic (exact) mass is 338 g/mol. The predicted molar refractivity (Wildman–Crippen MR) is 91.7 cm³/mol. The number of fused-ring (bicyclic) bond motifs is 1. The second-order valence-corrected chi connectivity index (χ2v) is 5.88. The van der Waals surface area contributed by atoms with Crippen molar-refractivity contribution in [2.24, 2.45) is 7.05 Å². The van der Waals surface area contributed by atoms with Gasteiger partial charge in [0.15, 0.2) is 11.5 Å². The molecule has 0 fully saturated rings. The molecule has 0 saturated carbocycles. The van der Waals surface area contributed by atoms with E-state index in [1.807, 2.05) is 54.2 Å². The summed E-state index contributed by atoms with van der Waals surface area (Å²) in [6, 6.07) is 13.1. The van der Waals surface area contributed by atoms with Crippen LogP contribution >= 0.6 is 0 Å². The normalized spacial score (nSPS) is 15.8. The van der Waals surface area contributed by atoms with E-state index in [0.29, 0.717) is 24.6 Å². The van der Waals surface area contributed by atoms with Crippen molar-refractivity contribution in [3.05, 3.63) is 54.4 Å². The molecule has 2 aromatic heterocycles. The number of aryl methyl sites for hydroxylation is 1. The number of aromatic amines is 1. The number of carbonyl (C=O) groups is 1. The highest BCUT2D eigenvalue weighted by Crippen LogP contribution is 2.30. The molecule has 1 atom stereocenters. The molecule has 1 unspecified atom stereocenters. The number of nitrogens with one attached hydrogen (secondary N) is 2. The highest BCUT2D eigenvalue weighted by molar-refractivity contribution is 5.93. The minimum Gasteiger partial charge on any atom is -0.486 e. The van der Waals surface area contributed by atoms with Gasteiger partial charge in [0.05, 0.1) is 12.2 Å². The van der Waals surface area contributed by atoms with Gasteiger partial charge in [-0.2, -0.15) is 5.10 Å². The Morgan fingerprint density at radius 3 is 2.96 bits per heavy atom. The van der Waals surface area contributed by atoms with Crippen LogP contribution in [-0.4, -0.2) is 39.9 Å². The molecule has 3 aromatic rings. The number of hydrogen-bond acceptors (Lipinski definition) is 4. The molecule has 7 nitrogen and oxygen atoms in total. The molecule has 3 heterocycles. The van der Waals surface area contributed by atoms with Gasteiger partial charge >= 0.3 is 0 Å². The molecule has 0 aliphatic carbocycles. The number of aromatic nitrogens is 3. The predicted octanol–water partition coefficient (Wildman–Crippen LogP) is 1.98. The van der Waals surface area contributed by atoms with E-state index in [-0.39, 0.29) is 12.0 Å². The molecule has 0 radical (unpaired) electrons. The lowest BCUT2D eigenvalue weighted by atomic mass is 10.2. The molecule has 4 rings (SSSR count). The van der Waals surface area contributed by atoms with Gasteiger partial charge in [-0.05, 0) is 30.3 Å². The maximum atomic E-state index is 12.3. The first-order valence-electron chi connectivity index (χ1n) is 8.04. The Hall–Kier alpha value is -3.22. The first-order chi connectivity index (χ1) is 12.2. The Morgan fingerprint density at radius 1 is 1.32 bits per heavy atom. The summed E-state index contributed by atoms with van der Waals surface area (Å²) in [5.74, 6) is 1.20. The molecular weight excluding hydrogens is 320 g/mol. The zero-order valence-corrected chi connectivity index (χ0v) is 13.7. The van der Waals surface area contributed by atoms with Crippen LogP contribution in [0, 0.1) is 0 Å². The van der Waals surface area contributed by atoms with E-state index >= 15 is 0 Å².